The van der Waals surface area contributed by atoms with Gasteiger partial charge in [-0.15, -0.1) is 0 Å². The minimum Gasteiger partial charge on any atom is -0.335 e. The van der Waals surface area contributed by atoms with Crippen LogP contribution in [0.1, 0.15) is 24.5 Å². The molecule has 0 radical (unpaired) electrons. The quantitative estimate of drug-likeness (QED) is 0.553. The van der Waals surface area contributed by atoms with Crippen LogP contribution in [0.2, 0.25) is 0 Å². The van der Waals surface area contributed by atoms with Gasteiger partial charge < -0.3 is 4.79 Å². The summed E-state index contributed by atoms with van der Waals surface area (Å²) in [4.78, 5) is 9.27. The van der Waals surface area contributed by atoms with Crippen molar-refractivity contribution >= 4 is 17.7 Å². The third-order valence-electron chi connectivity index (χ3n) is 2.62. The highest BCUT2D eigenvalue weighted by atomic mass is 32.2. The maximum atomic E-state index is 9.66. The molecule has 0 saturated carbocycles. The van der Waals surface area contributed by atoms with Gasteiger partial charge in [0.2, 0.25) is 0 Å². The Labute approximate surface area is 87.6 Å². The SMILES string of the molecule is CCC1(SC)OC(=[OH+])c2ccccc21. The van der Waals surface area contributed by atoms with Gasteiger partial charge in [-0.05, 0) is 12.3 Å². The lowest BCUT2D eigenvalue weighted by atomic mass is 10.0. The van der Waals surface area contributed by atoms with Gasteiger partial charge >= 0.3 is 5.97 Å². The van der Waals surface area contributed by atoms with Crippen molar-refractivity contribution in [2.45, 2.75) is 18.3 Å². The molecule has 0 aliphatic carbocycles. The molecule has 1 atom stereocenters. The molecule has 1 aromatic rings. The predicted molar refractivity (Wildman–Crippen MR) is 59.1 cm³/mol. The van der Waals surface area contributed by atoms with Crippen LogP contribution in [0.4, 0.5) is 0 Å². The number of benzene rings is 1. The molecule has 1 N–H and O–H groups in total. The number of thioether (sulfide) groups is 1. The molecule has 1 aliphatic rings. The van der Waals surface area contributed by atoms with Crippen LogP contribution < -0.4 is 0 Å². The summed E-state index contributed by atoms with van der Waals surface area (Å²) in [6.45, 7) is 2.06. The number of hydrogen-bond donors (Lipinski definition) is 0. The molecule has 0 spiro atoms. The van der Waals surface area contributed by atoms with Crippen LogP contribution in [0, 0.1) is 0 Å². The molecule has 0 amide bonds. The fourth-order valence-corrected chi connectivity index (χ4v) is 2.68. The Kier molecular flexibility index (Phi) is 2.27. The molecule has 2 nitrogen and oxygen atoms in total. The number of fused-ring (bicyclic) bond motifs is 1. The van der Waals surface area contributed by atoms with Gasteiger partial charge in [0.1, 0.15) is 5.56 Å². The highest BCUT2D eigenvalue weighted by Gasteiger charge is 2.51. The topological polar surface area (TPSA) is 30.6 Å². The lowest BCUT2D eigenvalue weighted by molar-refractivity contribution is 0.151. The molecule has 1 aliphatic heterocycles. The Balaban J connectivity index is 2.58. The van der Waals surface area contributed by atoms with E-state index < -0.39 is 0 Å². The number of ether oxygens (including phenoxy) is 1. The maximum Gasteiger partial charge on any atom is 0.519 e. The molecule has 1 heterocycles. The molecular weight excluding hydrogens is 196 g/mol. The van der Waals surface area contributed by atoms with Crippen LogP contribution in [0.3, 0.4) is 0 Å². The van der Waals surface area contributed by atoms with Gasteiger partial charge in [0, 0.05) is 6.42 Å². The molecule has 0 bridgehead atoms. The van der Waals surface area contributed by atoms with Gasteiger partial charge in [-0.1, -0.05) is 36.9 Å². The second-order valence-corrected chi connectivity index (χ2v) is 4.33. The van der Waals surface area contributed by atoms with Crippen molar-refractivity contribution in [3.05, 3.63) is 35.4 Å². The van der Waals surface area contributed by atoms with E-state index in [-0.39, 0.29) is 10.9 Å². The highest BCUT2D eigenvalue weighted by molar-refractivity contribution is 7.99. The first-order chi connectivity index (χ1) is 6.73. The zero-order valence-corrected chi connectivity index (χ0v) is 9.10. The molecule has 2 rings (SSSR count). The van der Waals surface area contributed by atoms with Crippen LogP contribution in [-0.2, 0) is 9.67 Å². The summed E-state index contributed by atoms with van der Waals surface area (Å²) in [7, 11) is 0. The fraction of sp³-hybridized carbons (Fsp3) is 0.364. The van der Waals surface area contributed by atoms with Gasteiger partial charge in [0.25, 0.3) is 4.93 Å². The van der Waals surface area contributed by atoms with Crippen LogP contribution in [0.25, 0.3) is 0 Å². The molecular formula is C11H13O2S+. The van der Waals surface area contributed by atoms with E-state index in [2.05, 4.69) is 6.92 Å². The lowest BCUT2D eigenvalue weighted by Crippen LogP contribution is -2.20. The summed E-state index contributed by atoms with van der Waals surface area (Å²) in [6.07, 6.45) is 2.84. The van der Waals surface area contributed by atoms with Crippen molar-refractivity contribution in [3.63, 3.8) is 0 Å². The second-order valence-electron chi connectivity index (χ2n) is 3.26. The Morgan fingerprint density at radius 1 is 1.43 bits per heavy atom. The zero-order chi connectivity index (χ0) is 10.2. The van der Waals surface area contributed by atoms with Crippen LogP contribution in [0.15, 0.2) is 24.3 Å². The van der Waals surface area contributed by atoms with Crippen molar-refractivity contribution in [3.8, 4) is 0 Å². The number of esters is 1. The van der Waals surface area contributed by atoms with Gasteiger partial charge in [-0.2, -0.15) is 0 Å². The maximum absolute atomic E-state index is 9.66. The van der Waals surface area contributed by atoms with Gasteiger partial charge in [-0.3, -0.25) is 4.74 Å². The van der Waals surface area contributed by atoms with Crippen LogP contribution >= 0.6 is 11.8 Å². The molecule has 74 valence electrons. The minimum atomic E-state index is -0.388. The summed E-state index contributed by atoms with van der Waals surface area (Å²) in [6, 6.07) is 7.78. The number of cyclic esters (lactones) is 1. The average Bonchev–Trinajstić information content (AvgIpc) is 2.53. The van der Waals surface area contributed by atoms with E-state index in [1.165, 1.54) is 0 Å². The zero-order valence-electron chi connectivity index (χ0n) is 8.28. The van der Waals surface area contributed by atoms with Gasteiger partial charge in [-0.25, -0.2) is 0 Å². The summed E-state index contributed by atoms with van der Waals surface area (Å²) >= 11 is 1.62. The first-order valence-electron chi connectivity index (χ1n) is 4.63. The molecule has 1 aromatic carbocycles. The summed E-state index contributed by atoms with van der Waals surface area (Å²) in [5.74, 6) is 0.0526. The first-order valence-corrected chi connectivity index (χ1v) is 5.86. The molecule has 3 heteroatoms. The van der Waals surface area contributed by atoms with E-state index >= 15 is 0 Å². The molecule has 0 aromatic heterocycles. The largest absolute Gasteiger partial charge is 0.519 e. The number of rotatable bonds is 2. The Morgan fingerprint density at radius 2 is 2.14 bits per heavy atom. The summed E-state index contributed by atoms with van der Waals surface area (Å²) in [5.41, 5.74) is 1.90. The minimum absolute atomic E-state index is 0.0526. The predicted octanol–water partition coefficient (Wildman–Crippen LogP) is 2.49. The second kappa shape index (κ2) is 3.31. The fourth-order valence-electron chi connectivity index (χ4n) is 1.83. The normalized spacial score (nSPS) is 24.6. The number of carbonyl (C=O) groups excluding carboxylic acids is 1. The van der Waals surface area contributed by atoms with Crippen molar-refractivity contribution < 1.29 is 9.53 Å². The van der Waals surface area contributed by atoms with Crippen molar-refractivity contribution in [2.24, 2.45) is 0 Å². The molecule has 1 unspecified atom stereocenters. The van der Waals surface area contributed by atoms with E-state index in [0.717, 1.165) is 17.5 Å². The van der Waals surface area contributed by atoms with E-state index in [4.69, 9.17) is 4.74 Å². The third kappa shape index (κ3) is 1.16. The smallest absolute Gasteiger partial charge is 0.335 e. The van der Waals surface area contributed by atoms with Gasteiger partial charge in [0.05, 0.1) is 5.56 Å². The Morgan fingerprint density at radius 3 is 2.79 bits per heavy atom. The van der Waals surface area contributed by atoms with E-state index in [9.17, 15) is 4.79 Å². The van der Waals surface area contributed by atoms with Gasteiger partial charge in [0.15, 0.2) is 0 Å². The van der Waals surface area contributed by atoms with E-state index in [0.29, 0.717) is 0 Å². The standard InChI is InChI=1S/C11H12O2S/c1-3-11(14-2)9-7-5-4-6-8(9)10(12)13-11/h4-7H,3H2,1-2H3/p+1. The molecule has 0 fully saturated rings. The van der Waals surface area contributed by atoms with Crippen LogP contribution in [-0.4, -0.2) is 17.0 Å². The van der Waals surface area contributed by atoms with Crippen molar-refractivity contribution in [1.82, 2.24) is 0 Å². The first kappa shape index (κ1) is 9.59. The highest BCUT2D eigenvalue weighted by Crippen LogP contribution is 2.45. The van der Waals surface area contributed by atoms with E-state index in [1.54, 1.807) is 11.8 Å². The van der Waals surface area contributed by atoms with E-state index in [1.807, 2.05) is 30.5 Å². The Hall–Kier alpha value is -0.960. The number of hydrogen-bond acceptors (Lipinski definition) is 2. The Bertz CT molecular complexity index is 369. The summed E-state index contributed by atoms with van der Waals surface area (Å²) < 4.78 is 5.55. The lowest BCUT2D eigenvalue weighted by Gasteiger charge is -2.17. The van der Waals surface area contributed by atoms with Crippen molar-refractivity contribution in [1.29, 1.82) is 0 Å². The average molecular weight is 209 g/mol. The van der Waals surface area contributed by atoms with Crippen LogP contribution in [0.5, 0.6) is 0 Å². The monoisotopic (exact) mass is 209 g/mol. The third-order valence-corrected chi connectivity index (χ3v) is 3.88. The summed E-state index contributed by atoms with van der Waals surface area (Å²) in [5, 5.41) is 0. The molecule has 14 heavy (non-hydrogen) atoms. The van der Waals surface area contributed by atoms with Crippen molar-refractivity contribution in [2.75, 3.05) is 6.26 Å². The molecule has 0 saturated heterocycles.